The summed E-state index contributed by atoms with van der Waals surface area (Å²) in [6.07, 6.45) is -5.71. The van der Waals surface area contributed by atoms with Gasteiger partial charge in [0.05, 0.1) is 0 Å². The van der Waals surface area contributed by atoms with Gasteiger partial charge in [0.2, 0.25) is 0 Å². The van der Waals surface area contributed by atoms with Gasteiger partial charge in [-0.25, -0.2) is 13.2 Å². The minimum atomic E-state index is -4.31. The van der Waals surface area contributed by atoms with Gasteiger partial charge < -0.3 is 5.32 Å². The number of rotatable bonds is 5. The Morgan fingerprint density at radius 2 is 1.63 bits per heavy atom. The maximum absolute atomic E-state index is 13.5. The van der Waals surface area contributed by atoms with Crippen LogP contribution in [0.25, 0.3) is 0 Å². The van der Waals surface area contributed by atoms with Gasteiger partial charge in [0.15, 0.2) is 0 Å². The molecule has 1 N–H and O–H groups in total. The molecule has 0 aliphatic carbocycles. The molecule has 1 nitrogen and oxygen atoms in total. The van der Waals surface area contributed by atoms with Gasteiger partial charge >= 0.3 is 6.18 Å². The molecule has 0 heterocycles. The molecule has 1 atom stereocenters. The van der Waals surface area contributed by atoms with Crippen LogP contribution in [0.4, 0.5) is 26.3 Å². The molecule has 1 aromatic carbocycles. The number of hydrogen-bond donors (Lipinski definition) is 1. The maximum atomic E-state index is 13.5. The van der Waals surface area contributed by atoms with Gasteiger partial charge in [-0.05, 0) is 19.9 Å². The summed E-state index contributed by atoms with van der Waals surface area (Å²) in [6.45, 7) is 0. The molecular formula is C12H13F6N. The van der Waals surface area contributed by atoms with E-state index in [4.69, 9.17) is 0 Å². The van der Waals surface area contributed by atoms with Gasteiger partial charge in [-0.2, -0.15) is 13.2 Å². The zero-order valence-electron chi connectivity index (χ0n) is 10.1. The highest BCUT2D eigenvalue weighted by molar-refractivity contribution is 5.24. The second kappa shape index (κ2) is 6.27. The quantitative estimate of drug-likeness (QED) is 0.803. The average molecular weight is 285 g/mol. The molecular weight excluding hydrogens is 272 g/mol. The molecule has 19 heavy (non-hydrogen) atoms. The van der Waals surface area contributed by atoms with E-state index in [0.717, 1.165) is 0 Å². The van der Waals surface area contributed by atoms with Gasteiger partial charge in [-0.15, -0.1) is 0 Å². The summed E-state index contributed by atoms with van der Waals surface area (Å²) < 4.78 is 75.7. The molecule has 1 rings (SSSR count). The molecule has 0 aliphatic heterocycles. The maximum Gasteiger partial charge on any atom is 0.389 e. The zero-order valence-corrected chi connectivity index (χ0v) is 10.1. The number of hydrogen-bond acceptors (Lipinski definition) is 1. The molecule has 0 aromatic heterocycles. The van der Waals surface area contributed by atoms with E-state index in [9.17, 15) is 26.3 Å². The average Bonchev–Trinajstić information content (AvgIpc) is 2.23. The van der Waals surface area contributed by atoms with E-state index >= 15 is 0 Å². The van der Waals surface area contributed by atoms with E-state index in [1.54, 1.807) is 0 Å². The predicted molar refractivity (Wildman–Crippen MR) is 58.0 cm³/mol. The van der Waals surface area contributed by atoms with E-state index in [-0.39, 0.29) is 12.8 Å². The molecule has 0 radical (unpaired) electrons. The minimum Gasteiger partial charge on any atom is -0.313 e. The number of nitrogens with one attached hydrogen (secondary N) is 1. The summed E-state index contributed by atoms with van der Waals surface area (Å²) in [5, 5.41) is 2.54. The lowest BCUT2D eigenvalue weighted by Crippen LogP contribution is -2.20. The molecule has 0 aliphatic rings. The zero-order chi connectivity index (χ0) is 14.6. The first-order chi connectivity index (χ1) is 8.74. The lowest BCUT2D eigenvalue weighted by Gasteiger charge is -2.18. The summed E-state index contributed by atoms with van der Waals surface area (Å²) in [4.78, 5) is 0. The van der Waals surface area contributed by atoms with Crippen LogP contribution in [-0.4, -0.2) is 13.2 Å². The highest BCUT2D eigenvalue weighted by Gasteiger charge is 2.28. The number of benzene rings is 1. The van der Waals surface area contributed by atoms with E-state index < -0.39 is 41.7 Å². The first kappa shape index (κ1) is 15.8. The van der Waals surface area contributed by atoms with Crippen LogP contribution in [0, 0.1) is 17.5 Å². The third-order valence-electron chi connectivity index (χ3n) is 2.69. The smallest absolute Gasteiger partial charge is 0.313 e. The van der Waals surface area contributed by atoms with Gasteiger partial charge in [0, 0.05) is 30.2 Å². The Kier molecular flexibility index (Phi) is 5.22. The molecule has 0 spiro atoms. The molecule has 0 saturated heterocycles. The fourth-order valence-corrected chi connectivity index (χ4v) is 1.83. The van der Waals surface area contributed by atoms with Crippen molar-refractivity contribution in [1.29, 1.82) is 0 Å². The Morgan fingerprint density at radius 1 is 1.11 bits per heavy atom. The van der Waals surface area contributed by atoms with Crippen molar-refractivity contribution in [3.63, 3.8) is 0 Å². The second-order valence-electron chi connectivity index (χ2n) is 4.13. The summed E-state index contributed by atoms with van der Waals surface area (Å²) in [6, 6.07) is 0.0851. The van der Waals surface area contributed by atoms with Crippen LogP contribution in [-0.2, 0) is 0 Å². The van der Waals surface area contributed by atoms with Crippen molar-refractivity contribution in [3.05, 3.63) is 35.1 Å². The molecule has 108 valence electrons. The van der Waals surface area contributed by atoms with E-state index in [0.29, 0.717) is 12.1 Å². The highest BCUT2D eigenvalue weighted by atomic mass is 19.4. The molecule has 7 heteroatoms. The normalized spacial score (nSPS) is 13.6. The molecule has 1 unspecified atom stereocenters. The number of halogens is 6. The van der Waals surface area contributed by atoms with Crippen LogP contribution in [0.15, 0.2) is 12.1 Å². The van der Waals surface area contributed by atoms with Gasteiger partial charge in [-0.3, -0.25) is 0 Å². The van der Waals surface area contributed by atoms with Crippen molar-refractivity contribution in [2.24, 2.45) is 0 Å². The third-order valence-corrected chi connectivity index (χ3v) is 2.69. The molecule has 0 amide bonds. The van der Waals surface area contributed by atoms with Crippen molar-refractivity contribution >= 4 is 0 Å². The Hall–Kier alpha value is -1.24. The number of alkyl halides is 3. The van der Waals surface area contributed by atoms with Crippen LogP contribution < -0.4 is 5.32 Å². The van der Waals surface area contributed by atoms with E-state index in [2.05, 4.69) is 5.32 Å². The van der Waals surface area contributed by atoms with Crippen LogP contribution >= 0.6 is 0 Å². The van der Waals surface area contributed by atoms with Crippen molar-refractivity contribution in [3.8, 4) is 0 Å². The fraction of sp³-hybridized carbons (Fsp3) is 0.500. The lowest BCUT2D eigenvalue weighted by molar-refractivity contribution is -0.135. The SMILES string of the molecule is CNC(CCCC(F)(F)F)c1c(F)cc(F)cc1F. The predicted octanol–water partition coefficient (Wildman–Crippen LogP) is 4.10. The van der Waals surface area contributed by atoms with Crippen molar-refractivity contribution in [2.75, 3.05) is 7.05 Å². The van der Waals surface area contributed by atoms with Crippen molar-refractivity contribution in [1.82, 2.24) is 5.32 Å². The van der Waals surface area contributed by atoms with Gasteiger partial charge in [0.1, 0.15) is 17.5 Å². The Labute approximate surface area is 106 Å². The monoisotopic (exact) mass is 285 g/mol. The molecule has 0 saturated carbocycles. The third kappa shape index (κ3) is 4.74. The lowest BCUT2D eigenvalue weighted by atomic mass is 9.99. The molecule has 0 fully saturated rings. The second-order valence-corrected chi connectivity index (χ2v) is 4.13. The first-order valence-electron chi connectivity index (χ1n) is 5.63. The summed E-state index contributed by atoms with van der Waals surface area (Å²) in [7, 11) is 1.38. The van der Waals surface area contributed by atoms with Crippen LogP contribution in [0.3, 0.4) is 0 Å². The Morgan fingerprint density at radius 3 is 2.05 bits per heavy atom. The summed E-state index contributed by atoms with van der Waals surface area (Å²) in [5.74, 6) is -3.28. The molecule has 1 aromatic rings. The van der Waals surface area contributed by atoms with Gasteiger partial charge in [-0.1, -0.05) is 0 Å². The topological polar surface area (TPSA) is 12.0 Å². The highest BCUT2D eigenvalue weighted by Crippen LogP contribution is 2.29. The fourth-order valence-electron chi connectivity index (χ4n) is 1.83. The standard InChI is InChI=1S/C12H13F6N/c1-19-10(3-2-4-12(16,17)18)11-8(14)5-7(13)6-9(11)15/h5-6,10,19H,2-4H2,1H3. The summed E-state index contributed by atoms with van der Waals surface area (Å²) >= 11 is 0. The largest absolute Gasteiger partial charge is 0.389 e. The van der Waals surface area contributed by atoms with Crippen LogP contribution in [0.2, 0.25) is 0 Å². The Balaban J connectivity index is 2.80. The van der Waals surface area contributed by atoms with Crippen molar-refractivity contribution < 1.29 is 26.3 Å². The Bertz CT molecular complexity index is 406. The van der Waals surface area contributed by atoms with Gasteiger partial charge in [0.25, 0.3) is 0 Å². The minimum absolute atomic E-state index is 0.102. The van der Waals surface area contributed by atoms with Crippen LogP contribution in [0.5, 0.6) is 0 Å². The van der Waals surface area contributed by atoms with Crippen LogP contribution in [0.1, 0.15) is 30.9 Å². The molecule has 0 bridgehead atoms. The van der Waals surface area contributed by atoms with E-state index in [1.807, 2.05) is 0 Å². The summed E-state index contributed by atoms with van der Waals surface area (Å²) in [5.41, 5.74) is -0.439. The first-order valence-corrected chi connectivity index (χ1v) is 5.63. The van der Waals surface area contributed by atoms with Crippen molar-refractivity contribution in [2.45, 2.75) is 31.5 Å². The van der Waals surface area contributed by atoms with E-state index in [1.165, 1.54) is 7.05 Å².